The van der Waals surface area contributed by atoms with E-state index in [1.807, 2.05) is 306 Å². The van der Waals surface area contributed by atoms with Crippen molar-refractivity contribution in [3.05, 3.63) is 299 Å². The number of hydrogen-bond acceptors (Lipinski definition) is 19. The molecule has 0 aliphatic heterocycles. The molecule has 0 bridgehead atoms. The fourth-order valence-electron chi connectivity index (χ4n) is 10.4. The van der Waals surface area contributed by atoms with Gasteiger partial charge in [0.15, 0.2) is 11.3 Å². The Balaban J connectivity index is 0.000000647. The van der Waals surface area contributed by atoms with Crippen molar-refractivity contribution < 1.29 is 0 Å². The van der Waals surface area contributed by atoms with Gasteiger partial charge < -0.3 is 4.57 Å². The van der Waals surface area contributed by atoms with Crippen LogP contribution in [0.5, 0.6) is 0 Å². The lowest BCUT2D eigenvalue weighted by atomic mass is 10.1. The zero-order chi connectivity index (χ0) is 88.3. The molecule has 0 saturated heterocycles. The summed E-state index contributed by atoms with van der Waals surface area (Å²) in [6.07, 6.45) is 17.7. The molecule has 622 valence electrons. The molecule has 0 atom stereocenters. The molecule has 118 heavy (non-hydrogen) atoms. The molecule has 11 heterocycles. The third-order valence-electron chi connectivity index (χ3n) is 15.8. The molecule has 0 fully saturated rings. The Morgan fingerprint density at radius 2 is 0.754 bits per heavy atom. The minimum absolute atomic E-state index is 0.882. The molecule has 18 aromatic rings. The van der Waals surface area contributed by atoms with Crippen molar-refractivity contribution in [3.8, 4) is 0 Å². The van der Waals surface area contributed by atoms with Crippen LogP contribution in [0.4, 0.5) is 0 Å². The summed E-state index contributed by atoms with van der Waals surface area (Å²) in [6.45, 7) is 58.3. The van der Waals surface area contributed by atoms with E-state index in [1.165, 1.54) is 59.6 Å². The van der Waals surface area contributed by atoms with Gasteiger partial charge in [0, 0.05) is 72.8 Å². The van der Waals surface area contributed by atoms with Crippen molar-refractivity contribution in [1.82, 2.24) is 95.9 Å². The number of aromatic nitrogens is 19. The van der Waals surface area contributed by atoms with E-state index in [-0.39, 0.29) is 0 Å². The fraction of sp³-hybridized carbons (Fsp3) is 0.306. The summed E-state index contributed by atoms with van der Waals surface area (Å²) in [5.41, 5.74) is 17.2. The first-order valence-electron chi connectivity index (χ1n) is 41.2. The smallest absolute Gasteiger partial charge is 0.170 e. The number of hydrogen-bond donors (Lipinski definition) is 0. The van der Waals surface area contributed by atoms with Gasteiger partial charge in [-0.3, -0.25) is 0 Å². The van der Waals surface area contributed by atoms with Crippen LogP contribution in [0.3, 0.4) is 0 Å². The van der Waals surface area contributed by atoms with Crippen LogP contribution < -0.4 is 0 Å². The largest absolute Gasteiger partial charge is 0.316 e. The SMILES string of the molecule is CC.CC.CC.CC.CC.CC.CC.CC.CC.Cc1ccc2cnncc2c1.Cc1ccc2nnccc2c1.Cc1ccc2sc(C)nc2n1.Cc1cccc2ccnnc12.Cc1cccc2cnncc12.Cc1cccc2nnccc12.Cc1cnc2c(c1)nc(C)n2C.Cc1cnnc2ccccc12.Cc1nncc2ccccc12. The number of rotatable bonds is 0. The number of benzene rings is 7. The lowest BCUT2D eigenvalue weighted by Gasteiger charge is -1.97. The second-order valence-electron chi connectivity index (χ2n) is 23.5. The van der Waals surface area contributed by atoms with Crippen LogP contribution in [0.2, 0.25) is 0 Å². The normalized spacial score (nSPS) is 9.27. The predicted octanol–water partition coefficient (Wildman–Crippen LogP) is 26.7. The Morgan fingerprint density at radius 3 is 1.39 bits per heavy atom. The molecule has 18 rings (SSSR count). The lowest BCUT2D eigenvalue weighted by molar-refractivity contribution is 0.874. The number of nitrogens with zero attached hydrogens (tertiary/aromatic N) is 19. The molecule has 0 aliphatic rings. The third-order valence-corrected chi connectivity index (χ3v) is 16.7. The minimum Gasteiger partial charge on any atom is -0.316 e. The molecule has 20 heteroatoms. The van der Waals surface area contributed by atoms with E-state index < -0.39 is 0 Å². The van der Waals surface area contributed by atoms with Crippen LogP contribution in [-0.4, -0.2) is 95.9 Å². The van der Waals surface area contributed by atoms with Crippen LogP contribution in [0.25, 0.3) is 97.4 Å². The third kappa shape index (κ3) is 34.2. The van der Waals surface area contributed by atoms with Crippen molar-refractivity contribution in [2.45, 2.75) is 201 Å². The molecule has 19 nitrogen and oxygen atoms in total. The molecular formula is C98H129N19S. The van der Waals surface area contributed by atoms with Crippen LogP contribution in [0.15, 0.2) is 238 Å². The second kappa shape index (κ2) is 61.0. The van der Waals surface area contributed by atoms with Gasteiger partial charge in [-0.05, 0) is 171 Å². The number of imidazole rings is 1. The molecular weight excluding hydrogens is 1480 g/mol. The van der Waals surface area contributed by atoms with Crippen molar-refractivity contribution in [2.75, 3.05) is 0 Å². The summed E-state index contributed by atoms with van der Waals surface area (Å²) in [4.78, 5) is 17.3. The Morgan fingerprint density at radius 1 is 0.280 bits per heavy atom. The molecule has 0 unspecified atom stereocenters. The van der Waals surface area contributed by atoms with Gasteiger partial charge in [0.1, 0.15) is 11.3 Å². The first kappa shape index (κ1) is 104. The summed E-state index contributed by atoms with van der Waals surface area (Å²) < 4.78 is 3.17. The Hall–Kier alpha value is -12.4. The zero-order valence-electron chi connectivity index (χ0n) is 75.9. The zero-order valence-corrected chi connectivity index (χ0v) is 76.7. The molecule has 11 aromatic heterocycles. The average molecular weight is 1610 g/mol. The Labute approximate surface area is 707 Å². The van der Waals surface area contributed by atoms with Gasteiger partial charge in [-0.1, -0.05) is 245 Å². The van der Waals surface area contributed by atoms with E-state index in [1.54, 1.807) is 67.1 Å². The van der Waals surface area contributed by atoms with E-state index in [2.05, 4.69) is 180 Å². The highest BCUT2D eigenvalue weighted by molar-refractivity contribution is 7.18. The van der Waals surface area contributed by atoms with Gasteiger partial charge in [-0.25, -0.2) is 19.9 Å². The highest BCUT2D eigenvalue weighted by Gasteiger charge is 2.05. The van der Waals surface area contributed by atoms with Crippen LogP contribution >= 0.6 is 11.3 Å². The Kier molecular flexibility index (Phi) is 53.6. The van der Waals surface area contributed by atoms with Crippen molar-refractivity contribution >= 4 is 109 Å². The van der Waals surface area contributed by atoms with Gasteiger partial charge in [0.05, 0.1) is 93.2 Å². The molecule has 0 radical (unpaired) electrons. The second-order valence-corrected chi connectivity index (χ2v) is 24.7. The predicted molar refractivity (Wildman–Crippen MR) is 507 cm³/mol. The highest BCUT2D eigenvalue weighted by atomic mass is 32.1. The van der Waals surface area contributed by atoms with Gasteiger partial charge in [-0.2, -0.15) is 71.4 Å². The maximum absolute atomic E-state index is 4.37. The number of thiazole rings is 1. The van der Waals surface area contributed by atoms with E-state index in [0.717, 1.165) is 99.0 Å². The van der Waals surface area contributed by atoms with Gasteiger partial charge >= 0.3 is 0 Å². The van der Waals surface area contributed by atoms with Crippen LogP contribution in [0.1, 0.15) is 186 Å². The molecule has 0 spiro atoms. The average Bonchev–Trinajstić information content (AvgIpc) is 1.66. The van der Waals surface area contributed by atoms with E-state index >= 15 is 0 Å². The quantitative estimate of drug-likeness (QED) is 0.137. The van der Waals surface area contributed by atoms with E-state index in [9.17, 15) is 0 Å². The monoisotopic (exact) mass is 1600 g/mol. The maximum Gasteiger partial charge on any atom is 0.170 e. The fourth-order valence-corrected chi connectivity index (χ4v) is 11.1. The minimum atomic E-state index is 0.882. The molecule has 0 aliphatic carbocycles. The van der Waals surface area contributed by atoms with Crippen LogP contribution in [-0.2, 0) is 7.05 Å². The molecule has 7 aromatic carbocycles. The first-order valence-corrected chi connectivity index (χ1v) is 42.0. The summed E-state index contributed by atoms with van der Waals surface area (Å²) in [5, 5.41) is 67.0. The summed E-state index contributed by atoms with van der Waals surface area (Å²) in [6, 6.07) is 58.8. The number of pyridine rings is 2. The van der Waals surface area contributed by atoms with Crippen molar-refractivity contribution in [2.24, 2.45) is 7.05 Å². The first-order chi connectivity index (χ1) is 57.5. The summed E-state index contributed by atoms with van der Waals surface area (Å²) >= 11 is 1.69. The highest BCUT2D eigenvalue weighted by Crippen LogP contribution is 2.22. The van der Waals surface area contributed by atoms with Crippen LogP contribution in [0, 0.1) is 76.2 Å². The molecule has 0 amide bonds. The molecule has 0 saturated carbocycles. The van der Waals surface area contributed by atoms with Gasteiger partial charge in [0.2, 0.25) is 0 Å². The topological polar surface area (TPSA) is 237 Å². The van der Waals surface area contributed by atoms with Crippen molar-refractivity contribution in [3.63, 3.8) is 0 Å². The molecule has 0 N–H and O–H groups in total. The van der Waals surface area contributed by atoms with Gasteiger partial charge in [-0.15, -0.1) is 11.3 Å². The number of fused-ring (bicyclic) bond motifs is 9. The standard InChI is InChI=1S/C9H11N3.7C9H8N2.C8H8N2S.9C2H6/c1-6-4-8-9(10-5-6)12(3)7(2)11-8;1-7-2-3-8-5-10-11-6-9(8)4-7;1-7-2-3-9-8(6-7)4-5-10-11-9;1-7-3-2-4-8-5-10-11-6-9(7)8;1-7-3-2-4-9-8(7)5-6-10-11-9;1-7-3-2-4-8-5-6-10-11-9(7)8;1-7-9-5-3-2-4-8(9)6-10-11-7;1-7-6-10-11-9-5-3-2-4-8(7)9;1-5-3-4-7-8(9-5)10-6(2)11-7;9*1-2/h4-5H,1-3H3;7*2-6H,1H3;3-4H,1-2H3;9*1-2H3. The Bertz CT molecular complexity index is 5160. The van der Waals surface area contributed by atoms with E-state index in [0.29, 0.717) is 0 Å². The summed E-state index contributed by atoms with van der Waals surface area (Å²) in [5.74, 6) is 1.00. The number of aryl methyl sites for hydroxylation is 12. The maximum atomic E-state index is 4.37. The lowest BCUT2D eigenvalue weighted by Crippen LogP contribution is -1.91. The summed E-state index contributed by atoms with van der Waals surface area (Å²) in [7, 11) is 1.98. The van der Waals surface area contributed by atoms with Gasteiger partial charge in [0.25, 0.3) is 0 Å². The van der Waals surface area contributed by atoms with Crippen molar-refractivity contribution in [1.29, 1.82) is 0 Å². The van der Waals surface area contributed by atoms with E-state index in [4.69, 9.17) is 0 Å².